The third-order valence-corrected chi connectivity index (χ3v) is 5.62. The van der Waals surface area contributed by atoms with E-state index in [1.54, 1.807) is 26.5 Å². The monoisotopic (exact) mass is 443 g/mol. The molecule has 6 nitrogen and oxygen atoms in total. The number of hydrogen-bond acceptors (Lipinski definition) is 6. The molecule has 0 aliphatic rings. The maximum Gasteiger partial charge on any atom is 0.273 e. The Morgan fingerprint density at radius 1 is 0.938 bits per heavy atom. The maximum absolute atomic E-state index is 13.1. The number of thiazole rings is 1. The Hall–Kier alpha value is -3.97. The van der Waals surface area contributed by atoms with Gasteiger partial charge in [-0.25, -0.2) is 4.98 Å². The number of hydrazone groups is 1. The fraction of sp³-hybridized carbons (Fsp3) is 0.0800. The number of hydrogen-bond donors (Lipinski definition) is 0. The average Bonchev–Trinajstić information content (AvgIpc) is 3.26. The van der Waals surface area contributed by atoms with Crippen LogP contribution >= 0.6 is 11.3 Å². The van der Waals surface area contributed by atoms with Gasteiger partial charge in [-0.15, -0.1) is 0 Å². The molecule has 0 fully saturated rings. The lowest BCUT2D eigenvalue weighted by molar-refractivity contribution is -0.114. The third-order valence-electron chi connectivity index (χ3n) is 4.63. The molecule has 0 atom stereocenters. The molecule has 160 valence electrons. The van der Waals surface area contributed by atoms with Crippen LogP contribution in [0.5, 0.6) is 11.5 Å². The summed E-state index contributed by atoms with van der Waals surface area (Å²) in [5.74, 6) is 1.18. The number of ether oxygens (including phenoxy) is 2. The van der Waals surface area contributed by atoms with Gasteiger partial charge in [0.1, 0.15) is 11.5 Å². The van der Waals surface area contributed by atoms with E-state index in [4.69, 9.17) is 9.47 Å². The van der Waals surface area contributed by atoms with Crippen molar-refractivity contribution in [2.24, 2.45) is 5.10 Å². The lowest BCUT2D eigenvalue weighted by Gasteiger charge is -2.11. The molecule has 0 aliphatic carbocycles. The van der Waals surface area contributed by atoms with Gasteiger partial charge in [0.25, 0.3) is 5.91 Å². The minimum Gasteiger partial charge on any atom is -0.497 e. The molecule has 0 saturated heterocycles. The van der Waals surface area contributed by atoms with Crippen LogP contribution in [0, 0.1) is 0 Å². The topological polar surface area (TPSA) is 64.0 Å². The van der Waals surface area contributed by atoms with Gasteiger partial charge in [0.05, 0.1) is 30.7 Å². The molecular formula is C25H21N3O3S. The first-order chi connectivity index (χ1) is 15.7. The van der Waals surface area contributed by atoms with Gasteiger partial charge in [-0.1, -0.05) is 41.7 Å². The van der Waals surface area contributed by atoms with Crippen molar-refractivity contribution in [3.63, 3.8) is 0 Å². The fourth-order valence-electron chi connectivity index (χ4n) is 2.93. The Bertz CT molecular complexity index is 1260. The van der Waals surface area contributed by atoms with E-state index >= 15 is 0 Å². The van der Waals surface area contributed by atoms with Crippen molar-refractivity contribution in [2.75, 3.05) is 19.2 Å². The van der Waals surface area contributed by atoms with Crippen LogP contribution in [0.25, 0.3) is 16.3 Å². The zero-order valence-corrected chi connectivity index (χ0v) is 18.5. The van der Waals surface area contributed by atoms with Crippen LogP contribution in [0.15, 0.2) is 84.0 Å². The highest BCUT2D eigenvalue weighted by atomic mass is 32.1. The molecule has 0 N–H and O–H groups in total. The molecule has 32 heavy (non-hydrogen) atoms. The van der Waals surface area contributed by atoms with E-state index in [0.717, 1.165) is 32.8 Å². The fourth-order valence-corrected chi connectivity index (χ4v) is 3.89. The summed E-state index contributed by atoms with van der Waals surface area (Å²) in [6.07, 6.45) is 4.88. The lowest BCUT2D eigenvalue weighted by Crippen LogP contribution is -2.23. The smallest absolute Gasteiger partial charge is 0.273 e. The molecule has 7 heteroatoms. The molecule has 1 heterocycles. The molecule has 1 aromatic heterocycles. The number of carbonyl (C=O) groups excluding carboxylic acids is 1. The summed E-state index contributed by atoms with van der Waals surface area (Å²) < 4.78 is 11.4. The Labute approximate surface area is 190 Å². The first kappa shape index (κ1) is 21.3. The first-order valence-electron chi connectivity index (χ1n) is 9.86. The molecule has 3 aromatic carbocycles. The second-order valence-electron chi connectivity index (χ2n) is 6.74. The maximum atomic E-state index is 13.1. The second kappa shape index (κ2) is 9.89. The molecular weight excluding hydrogens is 422 g/mol. The molecule has 4 aromatic rings. The van der Waals surface area contributed by atoms with E-state index in [-0.39, 0.29) is 5.91 Å². The van der Waals surface area contributed by atoms with Crippen molar-refractivity contribution in [1.29, 1.82) is 0 Å². The Morgan fingerprint density at radius 3 is 2.38 bits per heavy atom. The minimum absolute atomic E-state index is 0.301. The van der Waals surface area contributed by atoms with Crippen molar-refractivity contribution in [1.82, 2.24) is 4.98 Å². The molecule has 0 bridgehead atoms. The van der Waals surface area contributed by atoms with E-state index in [1.165, 1.54) is 22.4 Å². The van der Waals surface area contributed by atoms with Crippen LogP contribution in [-0.4, -0.2) is 31.3 Å². The molecule has 4 rings (SSSR count). The van der Waals surface area contributed by atoms with Gasteiger partial charge in [-0.3, -0.25) is 4.79 Å². The van der Waals surface area contributed by atoms with Crippen molar-refractivity contribution < 1.29 is 14.3 Å². The van der Waals surface area contributed by atoms with Gasteiger partial charge in [0.2, 0.25) is 5.13 Å². The quantitative estimate of drug-likeness (QED) is 0.218. The van der Waals surface area contributed by atoms with Gasteiger partial charge < -0.3 is 9.47 Å². The lowest BCUT2D eigenvalue weighted by atomic mass is 10.2. The van der Waals surface area contributed by atoms with Crippen LogP contribution in [0.3, 0.4) is 0 Å². The Balaban J connectivity index is 1.67. The number of benzene rings is 3. The summed E-state index contributed by atoms with van der Waals surface area (Å²) >= 11 is 1.37. The number of amides is 1. The van der Waals surface area contributed by atoms with E-state index in [2.05, 4.69) is 10.1 Å². The number of nitrogens with zero attached hydrogens (tertiary/aromatic N) is 3. The van der Waals surface area contributed by atoms with Crippen molar-refractivity contribution >= 4 is 44.9 Å². The Morgan fingerprint density at radius 2 is 1.66 bits per heavy atom. The summed E-state index contributed by atoms with van der Waals surface area (Å²) in [6, 6.07) is 22.7. The van der Waals surface area contributed by atoms with E-state index in [1.807, 2.05) is 72.8 Å². The number of fused-ring (bicyclic) bond motifs is 1. The molecule has 0 radical (unpaired) electrons. The molecule has 1 amide bonds. The van der Waals surface area contributed by atoms with E-state index in [0.29, 0.717) is 5.13 Å². The molecule has 0 spiro atoms. The first-order valence-corrected chi connectivity index (χ1v) is 10.7. The summed E-state index contributed by atoms with van der Waals surface area (Å²) in [4.78, 5) is 17.7. The summed E-state index contributed by atoms with van der Waals surface area (Å²) in [5.41, 5.74) is 2.53. The predicted molar refractivity (Wildman–Crippen MR) is 130 cm³/mol. The van der Waals surface area contributed by atoms with Crippen molar-refractivity contribution in [3.05, 3.63) is 90.0 Å². The number of methoxy groups -OCH3 is 2. The molecule has 0 saturated carbocycles. The largest absolute Gasteiger partial charge is 0.497 e. The third kappa shape index (κ3) is 5.01. The highest BCUT2D eigenvalue weighted by Crippen LogP contribution is 2.32. The van der Waals surface area contributed by atoms with Gasteiger partial charge in [-0.05, 0) is 59.7 Å². The number of aromatic nitrogens is 1. The van der Waals surface area contributed by atoms with Crippen LogP contribution in [0.4, 0.5) is 5.13 Å². The van der Waals surface area contributed by atoms with Crippen molar-refractivity contribution in [3.8, 4) is 11.5 Å². The van der Waals surface area contributed by atoms with E-state index < -0.39 is 0 Å². The average molecular weight is 444 g/mol. The van der Waals surface area contributed by atoms with Gasteiger partial charge >= 0.3 is 0 Å². The van der Waals surface area contributed by atoms with Gasteiger partial charge in [0, 0.05) is 6.08 Å². The van der Waals surface area contributed by atoms with Crippen LogP contribution in [0.2, 0.25) is 0 Å². The summed E-state index contributed by atoms with van der Waals surface area (Å²) in [5, 5.41) is 6.23. The summed E-state index contributed by atoms with van der Waals surface area (Å²) in [6.45, 7) is 0. The van der Waals surface area contributed by atoms with Crippen molar-refractivity contribution in [2.45, 2.75) is 0 Å². The molecule has 0 aliphatic heterocycles. The zero-order valence-electron chi connectivity index (χ0n) is 17.6. The van der Waals surface area contributed by atoms with Gasteiger partial charge in [0.15, 0.2) is 0 Å². The SMILES string of the molecule is COc1ccc(/C=N/N(C(=O)/C=C/c2ccccc2)c2nc3ccc(OC)cc3s2)cc1. The normalized spacial score (nSPS) is 11.3. The highest BCUT2D eigenvalue weighted by Gasteiger charge is 2.17. The predicted octanol–water partition coefficient (Wildman–Crippen LogP) is 5.39. The minimum atomic E-state index is -0.301. The zero-order chi connectivity index (χ0) is 22.3. The number of carbonyl (C=O) groups is 1. The highest BCUT2D eigenvalue weighted by molar-refractivity contribution is 7.22. The van der Waals surface area contributed by atoms with E-state index in [9.17, 15) is 4.79 Å². The van der Waals surface area contributed by atoms with Crippen LogP contribution in [0.1, 0.15) is 11.1 Å². The molecule has 0 unspecified atom stereocenters. The number of rotatable bonds is 7. The van der Waals surface area contributed by atoms with Crippen LogP contribution in [-0.2, 0) is 4.79 Å². The van der Waals surface area contributed by atoms with Crippen LogP contribution < -0.4 is 14.5 Å². The second-order valence-corrected chi connectivity index (χ2v) is 7.75. The van der Waals surface area contributed by atoms with Gasteiger partial charge in [-0.2, -0.15) is 10.1 Å². The Kier molecular flexibility index (Phi) is 6.57. The summed E-state index contributed by atoms with van der Waals surface area (Å²) in [7, 11) is 3.23. The number of anilines is 1. The standard InChI is InChI=1S/C25H21N3O3S/c1-30-20-11-8-19(9-12-20)17-26-28(24(29)15-10-18-6-4-3-5-7-18)25-27-22-14-13-21(31-2)16-23(22)32-25/h3-17H,1-2H3/b15-10+,26-17+.